The molecule has 0 radical (unpaired) electrons. The highest BCUT2D eigenvalue weighted by Crippen LogP contribution is 2.13. The Labute approximate surface area is 142 Å². The predicted molar refractivity (Wildman–Crippen MR) is 92.1 cm³/mol. The van der Waals surface area contributed by atoms with Gasteiger partial charge in [0.15, 0.2) is 0 Å². The van der Waals surface area contributed by atoms with Gasteiger partial charge in [0.2, 0.25) is 5.91 Å². The molecule has 0 saturated heterocycles. The molecular weight excluding hydrogens is 322 g/mol. The summed E-state index contributed by atoms with van der Waals surface area (Å²) in [6, 6.07) is 11.4. The molecule has 0 unspecified atom stereocenters. The van der Waals surface area contributed by atoms with Crippen LogP contribution in [0.25, 0.3) is 11.0 Å². The number of carbonyl (C=O) groups is 1. The highest BCUT2D eigenvalue weighted by atomic mass is 16.6. The summed E-state index contributed by atoms with van der Waals surface area (Å²) < 4.78 is 0. The first-order valence-electron chi connectivity index (χ1n) is 7.38. The van der Waals surface area contributed by atoms with E-state index in [4.69, 9.17) is 0 Å². The largest absolute Gasteiger partial charge is 0.273 e. The quantitative estimate of drug-likeness (QED) is 0.437. The zero-order valence-corrected chi connectivity index (χ0v) is 13.0. The van der Waals surface area contributed by atoms with E-state index < -0.39 is 4.92 Å². The van der Waals surface area contributed by atoms with Crippen molar-refractivity contribution in [3.8, 4) is 0 Å². The summed E-state index contributed by atoms with van der Waals surface area (Å²) in [7, 11) is 0. The molecule has 0 spiro atoms. The summed E-state index contributed by atoms with van der Waals surface area (Å²) in [4.78, 5) is 30.5. The molecule has 0 aliphatic rings. The van der Waals surface area contributed by atoms with Gasteiger partial charge in [-0.2, -0.15) is 5.10 Å². The standard InChI is InChI=1S/C17H13N5O3/c23-17(10-12-2-1-3-14(8-12)22(24)25)21-20-11-13-4-5-15-16(9-13)19-7-6-18-15/h1-9,11H,10H2,(H,21,23)/b20-11+. The Morgan fingerprint density at radius 3 is 2.76 bits per heavy atom. The number of hydrogen-bond donors (Lipinski definition) is 1. The van der Waals surface area contributed by atoms with Gasteiger partial charge in [-0.1, -0.05) is 18.2 Å². The van der Waals surface area contributed by atoms with Gasteiger partial charge >= 0.3 is 0 Å². The zero-order valence-electron chi connectivity index (χ0n) is 13.0. The molecule has 3 rings (SSSR count). The van der Waals surface area contributed by atoms with Crippen LogP contribution in [0.3, 0.4) is 0 Å². The number of carbonyl (C=O) groups excluding carboxylic acids is 1. The Kier molecular flexibility index (Phi) is 4.70. The van der Waals surface area contributed by atoms with Crippen molar-refractivity contribution in [2.75, 3.05) is 0 Å². The van der Waals surface area contributed by atoms with Crippen molar-refractivity contribution >= 4 is 28.8 Å². The molecule has 0 aliphatic carbocycles. The van der Waals surface area contributed by atoms with Crippen molar-refractivity contribution in [1.82, 2.24) is 15.4 Å². The number of nitro benzene ring substituents is 1. The average molecular weight is 335 g/mol. The molecule has 3 aromatic rings. The Balaban J connectivity index is 1.62. The van der Waals surface area contributed by atoms with E-state index in [2.05, 4.69) is 20.5 Å². The minimum atomic E-state index is -0.498. The SMILES string of the molecule is O=C(Cc1cccc([N+](=O)[O-])c1)N/N=C/c1ccc2nccnc2c1. The van der Waals surface area contributed by atoms with Crippen LogP contribution in [-0.2, 0) is 11.2 Å². The normalized spacial score (nSPS) is 10.9. The number of fused-ring (bicyclic) bond motifs is 1. The van der Waals surface area contributed by atoms with Gasteiger partial charge in [0.05, 0.1) is 28.6 Å². The number of aromatic nitrogens is 2. The van der Waals surface area contributed by atoms with Crippen LogP contribution in [-0.4, -0.2) is 27.0 Å². The predicted octanol–water partition coefficient (Wildman–Crippen LogP) is 2.23. The van der Waals surface area contributed by atoms with E-state index in [0.717, 1.165) is 16.6 Å². The molecule has 1 amide bonds. The minimum Gasteiger partial charge on any atom is -0.273 e. The maximum atomic E-state index is 11.9. The number of nitro groups is 1. The van der Waals surface area contributed by atoms with Crippen LogP contribution in [0.15, 0.2) is 60.0 Å². The van der Waals surface area contributed by atoms with Crippen LogP contribution in [0.2, 0.25) is 0 Å². The minimum absolute atomic E-state index is 0.00220. The number of non-ortho nitro benzene ring substituents is 1. The fraction of sp³-hybridized carbons (Fsp3) is 0.0588. The highest BCUT2D eigenvalue weighted by Gasteiger charge is 2.08. The third-order valence-electron chi connectivity index (χ3n) is 3.38. The number of hydrogen-bond acceptors (Lipinski definition) is 6. The van der Waals surface area contributed by atoms with Gasteiger partial charge in [0.25, 0.3) is 5.69 Å². The van der Waals surface area contributed by atoms with Gasteiger partial charge in [0.1, 0.15) is 0 Å². The number of hydrazone groups is 1. The van der Waals surface area contributed by atoms with E-state index in [9.17, 15) is 14.9 Å². The molecule has 8 heteroatoms. The van der Waals surface area contributed by atoms with E-state index >= 15 is 0 Å². The van der Waals surface area contributed by atoms with E-state index in [-0.39, 0.29) is 18.0 Å². The molecule has 2 aromatic carbocycles. The second kappa shape index (κ2) is 7.26. The average Bonchev–Trinajstić information content (AvgIpc) is 2.62. The molecule has 1 aromatic heterocycles. The maximum absolute atomic E-state index is 11.9. The fourth-order valence-electron chi connectivity index (χ4n) is 2.24. The first kappa shape index (κ1) is 16.2. The second-order valence-corrected chi connectivity index (χ2v) is 5.20. The molecular formula is C17H13N5O3. The van der Waals surface area contributed by atoms with Crippen molar-refractivity contribution < 1.29 is 9.72 Å². The second-order valence-electron chi connectivity index (χ2n) is 5.20. The molecule has 0 fully saturated rings. The summed E-state index contributed by atoms with van der Waals surface area (Å²) in [6.45, 7) is 0. The van der Waals surface area contributed by atoms with E-state index in [1.165, 1.54) is 18.3 Å². The summed E-state index contributed by atoms with van der Waals surface area (Å²) in [6.07, 6.45) is 4.72. The number of rotatable bonds is 5. The zero-order chi connectivity index (χ0) is 17.6. The third kappa shape index (κ3) is 4.20. The smallest absolute Gasteiger partial charge is 0.269 e. The third-order valence-corrected chi connectivity index (χ3v) is 3.38. The molecule has 1 N–H and O–H groups in total. The molecule has 25 heavy (non-hydrogen) atoms. The molecule has 124 valence electrons. The van der Waals surface area contributed by atoms with Crippen LogP contribution < -0.4 is 5.43 Å². The van der Waals surface area contributed by atoms with Crippen molar-refractivity contribution in [3.05, 3.63) is 76.1 Å². The van der Waals surface area contributed by atoms with Crippen molar-refractivity contribution in [1.29, 1.82) is 0 Å². The number of benzene rings is 2. The van der Waals surface area contributed by atoms with E-state index in [1.54, 1.807) is 30.6 Å². The van der Waals surface area contributed by atoms with Gasteiger partial charge in [-0.15, -0.1) is 0 Å². The Morgan fingerprint density at radius 1 is 1.16 bits per heavy atom. The van der Waals surface area contributed by atoms with E-state index in [0.29, 0.717) is 5.56 Å². The van der Waals surface area contributed by atoms with Crippen LogP contribution in [0.4, 0.5) is 5.69 Å². The molecule has 0 bridgehead atoms. The number of amides is 1. The molecule has 1 heterocycles. The Morgan fingerprint density at radius 2 is 1.96 bits per heavy atom. The van der Waals surface area contributed by atoms with Crippen molar-refractivity contribution in [2.24, 2.45) is 5.10 Å². The number of nitrogens with one attached hydrogen (secondary N) is 1. The van der Waals surface area contributed by atoms with Crippen LogP contribution in [0.5, 0.6) is 0 Å². The van der Waals surface area contributed by atoms with Crippen LogP contribution in [0, 0.1) is 10.1 Å². The van der Waals surface area contributed by atoms with Crippen LogP contribution in [0.1, 0.15) is 11.1 Å². The lowest BCUT2D eigenvalue weighted by Crippen LogP contribution is -2.19. The van der Waals surface area contributed by atoms with Gasteiger partial charge in [-0.05, 0) is 23.3 Å². The van der Waals surface area contributed by atoms with E-state index in [1.807, 2.05) is 12.1 Å². The van der Waals surface area contributed by atoms with Crippen molar-refractivity contribution in [3.63, 3.8) is 0 Å². The summed E-state index contributed by atoms with van der Waals surface area (Å²) >= 11 is 0. The van der Waals surface area contributed by atoms with Gasteiger partial charge < -0.3 is 0 Å². The first-order valence-corrected chi connectivity index (χ1v) is 7.38. The lowest BCUT2D eigenvalue weighted by molar-refractivity contribution is -0.384. The fourth-order valence-corrected chi connectivity index (χ4v) is 2.24. The molecule has 8 nitrogen and oxygen atoms in total. The topological polar surface area (TPSA) is 110 Å². The number of nitrogens with zero attached hydrogens (tertiary/aromatic N) is 4. The van der Waals surface area contributed by atoms with Crippen LogP contribution >= 0.6 is 0 Å². The van der Waals surface area contributed by atoms with Crippen molar-refractivity contribution in [2.45, 2.75) is 6.42 Å². The van der Waals surface area contributed by atoms with Gasteiger partial charge in [-0.3, -0.25) is 24.9 Å². The highest BCUT2D eigenvalue weighted by molar-refractivity contribution is 5.87. The Hall–Kier alpha value is -3.68. The summed E-state index contributed by atoms with van der Waals surface area (Å²) in [5.74, 6) is -0.364. The summed E-state index contributed by atoms with van der Waals surface area (Å²) in [5, 5.41) is 14.6. The van der Waals surface area contributed by atoms with Gasteiger partial charge in [-0.25, -0.2) is 5.43 Å². The molecule has 0 aliphatic heterocycles. The molecule has 0 saturated carbocycles. The summed E-state index contributed by atoms with van der Waals surface area (Å²) in [5.41, 5.74) is 5.17. The molecule has 0 atom stereocenters. The van der Waals surface area contributed by atoms with Gasteiger partial charge in [0, 0.05) is 24.5 Å². The lowest BCUT2D eigenvalue weighted by Gasteiger charge is -2.01. The maximum Gasteiger partial charge on any atom is 0.269 e. The monoisotopic (exact) mass is 335 g/mol. The Bertz CT molecular complexity index is 971. The lowest BCUT2D eigenvalue weighted by atomic mass is 10.1. The first-order chi connectivity index (χ1) is 12.1.